The standard InChI is InChI=1S/C16H23ClFN/c1-11-8-16(9-11,10-19-15(2,3)4)13-6-5-12(18)7-14(13)17/h5-7,11,19H,8-10H2,1-4H3. The van der Waals surface area contributed by atoms with Crippen molar-refractivity contribution in [3.8, 4) is 0 Å². The lowest BCUT2D eigenvalue weighted by Crippen LogP contribution is -2.52. The minimum atomic E-state index is -0.264. The molecule has 0 aliphatic heterocycles. The van der Waals surface area contributed by atoms with Gasteiger partial charge >= 0.3 is 0 Å². The minimum Gasteiger partial charge on any atom is -0.311 e. The van der Waals surface area contributed by atoms with Crippen molar-refractivity contribution in [1.29, 1.82) is 0 Å². The summed E-state index contributed by atoms with van der Waals surface area (Å²) in [6.45, 7) is 9.64. The fourth-order valence-electron chi connectivity index (χ4n) is 3.09. The number of halogens is 2. The highest BCUT2D eigenvalue weighted by Crippen LogP contribution is 2.49. The highest BCUT2D eigenvalue weighted by molar-refractivity contribution is 6.31. The summed E-state index contributed by atoms with van der Waals surface area (Å²) in [4.78, 5) is 0. The molecule has 0 bridgehead atoms. The molecule has 0 aromatic heterocycles. The maximum atomic E-state index is 13.2. The Balaban J connectivity index is 2.24. The first-order valence-corrected chi connectivity index (χ1v) is 7.30. The van der Waals surface area contributed by atoms with Gasteiger partial charge in [-0.25, -0.2) is 4.39 Å². The zero-order valence-electron chi connectivity index (χ0n) is 12.2. The fraction of sp³-hybridized carbons (Fsp3) is 0.625. The molecule has 0 spiro atoms. The monoisotopic (exact) mass is 283 g/mol. The van der Waals surface area contributed by atoms with Gasteiger partial charge in [-0.3, -0.25) is 0 Å². The van der Waals surface area contributed by atoms with E-state index in [1.165, 1.54) is 12.1 Å². The van der Waals surface area contributed by atoms with Crippen molar-refractivity contribution in [3.05, 3.63) is 34.6 Å². The molecule has 0 unspecified atom stereocenters. The Bertz CT molecular complexity index is 458. The summed E-state index contributed by atoms with van der Waals surface area (Å²) in [5, 5.41) is 4.13. The van der Waals surface area contributed by atoms with E-state index in [0.29, 0.717) is 10.9 Å². The average Bonchev–Trinajstić information content (AvgIpc) is 2.22. The van der Waals surface area contributed by atoms with Gasteiger partial charge in [0.25, 0.3) is 0 Å². The van der Waals surface area contributed by atoms with Crippen molar-refractivity contribution >= 4 is 11.6 Å². The second kappa shape index (κ2) is 5.06. The van der Waals surface area contributed by atoms with Gasteiger partial charge in [-0.1, -0.05) is 24.6 Å². The molecule has 1 aliphatic carbocycles. The van der Waals surface area contributed by atoms with E-state index in [9.17, 15) is 4.39 Å². The van der Waals surface area contributed by atoms with E-state index < -0.39 is 0 Å². The molecule has 1 N–H and O–H groups in total. The van der Waals surface area contributed by atoms with Crippen molar-refractivity contribution in [1.82, 2.24) is 5.32 Å². The maximum Gasteiger partial charge on any atom is 0.124 e. The van der Waals surface area contributed by atoms with Gasteiger partial charge in [-0.05, 0) is 57.2 Å². The highest BCUT2D eigenvalue weighted by atomic mass is 35.5. The molecule has 1 aromatic rings. The van der Waals surface area contributed by atoms with Gasteiger partial charge in [0.15, 0.2) is 0 Å². The quantitative estimate of drug-likeness (QED) is 0.859. The first-order chi connectivity index (χ1) is 8.72. The molecule has 1 nitrogen and oxygen atoms in total. The normalized spacial score (nSPS) is 27.2. The Morgan fingerprint density at radius 2 is 2.00 bits per heavy atom. The maximum absolute atomic E-state index is 13.2. The summed E-state index contributed by atoms with van der Waals surface area (Å²) < 4.78 is 13.2. The molecule has 0 amide bonds. The van der Waals surface area contributed by atoms with Crippen LogP contribution in [0.2, 0.25) is 5.02 Å². The van der Waals surface area contributed by atoms with E-state index in [1.54, 1.807) is 0 Å². The van der Waals surface area contributed by atoms with Crippen molar-refractivity contribution in [2.24, 2.45) is 5.92 Å². The van der Waals surface area contributed by atoms with E-state index in [0.717, 1.165) is 24.9 Å². The topological polar surface area (TPSA) is 12.0 Å². The number of hydrogen-bond acceptors (Lipinski definition) is 1. The number of benzene rings is 1. The Labute approximate surface area is 120 Å². The molecule has 1 aliphatic rings. The number of nitrogens with one attached hydrogen (secondary N) is 1. The van der Waals surface area contributed by atoms with Crippen LogP contribution >= 0.6 is 11.6 Å². The molecular weight excluding hydrogens is 261 g/mol. The van der Waals surface area contributed by atoms with Gasteiger partial charge in [0.2, 0.25) is 0 Å². The number of hydrogen-bond donors (Lipinski definition) is 1. The Morgan fingerprint density at radius 1 is 1.37 bits per heavy atom. The third-order valence-corrected chi connectivity index (χ3v) is 4.25. The molecule has 0 radical (unpaired) electrons. The van der Waals surface area contributed by atoms with E-state index >= 15 is 0 Å². The molecule has 1 fully saturated rings. The van der Waals surface area contributed by atoms with Crippen LogP contribution in [-0.4, -0.2) is 12.1 Å². The van der Waals surface area contributed by atoms with E-state index in [2.05, 4.69) is 33.0 Å². The van der Waals surface area contributed by atoms with Crippen LogP contribution in [0.25, 0.3) is 0 Å². The minimum absolute atomic E-state index is 0.0669. The van der Waals surface area contributed by atoms with Crippen LogP contribution in [0, 0.1) is 11.7 Å². The van der Waals surface area contributed by atoms with Crippen LogP contribution in [0.1, 0.15) is 46.1 Å². The molecule has 0 heterocycles. The first-order valence-electron chi connectivity index (χ1n) is 6.92. The highest BCUT2D eigenvalue weighted by Gasteiger charge is 2.44. The molecule has 1 aromatic carbocycles. The molecule has 0 atom stereocenters. The third-order valence-electron chi connectivity index (χ3n) is 3.94. The SMILES string of the molecule is CC1CC(CNC(C)(C)C)(c2ccc(F)cc2Cl)C1. The van der Waals surface area contributed by atoms with Gasteiger partial charge in [-0.2, -0.15) is 0 Å². The van der Waals surface area contributed by atoms with E-state index in [-0.39, 0.29) is 16.8 Å². The Hall–Kier alpha value is -0.600. The summed E-state index contributed by atoms with van der Waals surface area (Å²) in [5.41, 5.74) is 1.24. The van der Waals surface area contributed by atoms with Crippen molar-refractivity contribution in [3.63, 3.8) is 0 Å². The van der Waals surface area contributed by atoms with Crippen molar-refractivity contribution in [2.75, 3.05) is 6.54 Å². The van der Waals surface area contributed by atoms with E-state index in [1.807, 2.05) is 6.07 Å². The van der Waals surface area contributed by atoms with E-state index in [4.69, 9.17) is 11.6 Å². The van der Waals surface area contributed by atoms with Crippen LogP contribution < -0.4 is 5.32 Å². The van der Waals surface area contributed by atoms with Crippen LogP contribution in [0.4, 0.5) is 4.39 Å². The van der Waals surface area contributed by atoms with Crippen LogP contribution in [0.15, 0.2) is 18.2 Å². The summed E-state index contributed by atoms with van der Waals surface area (Å²) in [5.74, 6) is 0.447. The second-order valence-electron chi connectivity index (χ2n) is 7.02. The average molecular weight is 284 g/mol. The molecular formula is C16H23ClFN. The lowest BCUT2D eigenvalue weighted by molar-refractivity contribution is 0.142. The molecule has 19 heavy (non-hydrogen) atoms. The zero-order valence-corrected chi connectivity index (χ0v) is 12.9. The second-order valence-corrected chi connectivity index (χ2v) is 7.43. The summed E-state index contributed by atoms with van der Waals surface area (Å²) >= 11 is 6.26. The van der Waals surface area contributed by atoms with Crippen LogP contribution in [0.5, 0.6) is 0 Å². The van der Waals surface area contributed by atoms with Crippen LogP contribution in [-0.2, 0) is 5.41 Å². The van der Waals surface area contributed by atoms with Gasteiger partial charge < -0.3 is 5.32 Å². The summed E-state index contributed by atoms with van der Waals surface area (Å²) in [7, 11) is 0. The van der Waals surface area contributed by atoms with Crippen molar-refractivity contribution < 1.29 is 4.39 Å². The third kappa shape index (κ3) is 3.29. The lowest BCUT2D eigenvalue weighted by Gasteiger charge is -2.49. The Kier molecular flexibility index (Phi) is 3.95. The molecule has 0 saturated heterocycles. The fourth-order valence-corrected chi connectivity index (χ4v) is 3.46. The predicted molar refractivity (Wildman–Crippen MR) is 79.2 cm³/mol. The predicted octanol–water partition coefficient (Wildman–Crippen LogP) is 4.53. The van der Waals surface area contributed by atoms with Gasteiger partial charge in [-0.15, -0.1) is 0 Å². The molecule has 1 saturated carbocycles. The van der Waals surface area contributed by atoms with Crippen LogP contribution in [0.3, 0.4) is 0 Å². The Morgan fingerprint density at radius 3 is 2.47 bits per heavy atom. The zero-order chi connectivity index (χ0) is 14.3. The summed E-state index contributed by atoms with van der Waals surface area (Å²) in [6.07, 6.45) is 2.23. The van der Waals surface area contributed by atoms with Gasteiger partial charge in [0.05, 0.1) is 0 Å². The van der Waals surface area contributed by atoms with Gasteiger partial charge in [0, 0.05) is 22.5 Å². The smallest absolute Gasteiger partial charge is 0.124 e. The first kappa shape index (κ1) is 14.8. The molecule has 3 heteroatoms. The lowest BCUT2D eigenvalue weighted by atomic mass is 9.59. The largest absolute Gasteiger partial charge is 0.311 e. The molecule has 106 valence electrons. The van der Waals surface area contributed by atoms with Crippen molar-refractivity contribution in [2.45, 2.75) is 51.5 Å². The number of rotatable bonds is 3. The summed E-state index contributed by atoms with van der Waals surface area (Å²) in [6, 6.07) is 4.80. The van der Waals surface area contributed by atoms with Gasteiger partial charge in [0.1, 0.15) is 5.82 Å². The molecule has 2 rings (SSSR count).